The molecule has 3 rings (SSSR count). The van der Waals surface area contributed by atoms with E-state index in [0.717, 1.165) is 22.9 Å². The molecular formula is C20H21N3O3. The minimum absolute atomic E-state index is 0.0455. The number of rotatable bonds is 8. The Morgan fingerprint density at radius 1 is 1.12 bits per heavy atom. The molecular weight excluding hydrogens is 330 g/mol. The number of amides is 1. The van der Waals surface area contributed by atoms with Gasteiger partial charge in [-0.1, -0.05) is 12.1 Å². The van der Waals surface area contributed by atoms with Crippen LogP contribution in [0.5, 0.6) is 11.5 Å². The first-order valence-corrected chi connectivity index (χ1v) is 8.40. The van der Waals surface area contributed by atoms with Crippen molar-refractivity contribution in [3.63, 3.8) is 0 Å². The van der Waals surface area contributed by atoms with E-state index in [9.17, 15) is 4.79 Å². The van der Waals surface area contributed by atoms with Crippen LogP contribution in [0.2, 0.25) is 0 Å². The smallest absolute Gasteiger partial charge is 0.224 e. The van der Waals surface area contributed by atoms with Crippen molar-refractivity contribution in [1.29, 1.82) is 0 Å². The number of para-hydroxylation sites is 2. The number of benzene rings is 2. The maximum Gasteiger partial charge on any atom is 0.224 e. The van der Waals surface area contributed by atoms with Crippen molar-refractivity contribution in [3.8, 4) is 17.2 Å². The zero-order valence-electron chi connectivity index (χ0n) is 14.6. The first kappa shape index (κ1) is 17.5. The van der Waals surface area contributed by atoms with Gasteiger partial charge < -0.3 is 19.4 Å². The molecule has 0 fully saturated rings. The summed E-state index contributed by atoms with van der Waals surface area (Å²) in [6.07, 6.45) is 6.26. The van der Waals surface area contributed by atoms with Crippen molar-refractivity contribution in [2.24, 2.45) is 0 Å². The number of imidazole rings is 1. The summed E-state index contributed by atoms with van der Waals surface area (Å²) in [4.78, 5) is 16.3. The molecule has 0 spiro atoms. The van der Waals surface area contributed by atoms with Gasteiger partial charge >= 0.3 is 0 Å². The summed E-state index contributed by atoms with van der Waals surface area (Å²) < 4.78 is 12.6. The number of methoxy groups -OCH3 is 1. The van der Waals surface area contributed by atoms with Crippen LogP contribution in [0, 0.1) is 0 Å². The van der Waals surface area contributed by atoms with Gasteiger partial charge in [0.05, 0.1) is 31.4 Å². The lowest BCUT2D eigenvalue weighted by Gasteiger charge is -2.12. The topological polar surface area (TPSA) is 65.4 Å². The number of nitrogens with zero attached hydrogens (tertiary/aromatic N) is 2. The Bertz CT molecular complexity index is 830. The molecule has 0 saturated heterocycles. The van der Waals surface area contributed by atoms with Crippen LogP contribution in [-0.4, -0.2) is 29.2 Å². The van der Waals surface area contributed by atoms with Gasteiger partial charge in [0, 0.05) is 18.8 Å². The van der Waals surface area contributed by atoms with Crippen molar-refractivity contribution in [2.45, 2.75) is 12.8 Å². The molecule has 0 radical (unpaired) electrons. The number of aromatic nitrogens is 2. The largest absolute Gasteiger partial charge is 0.497 e. The maximum absolute atomic E-state index is 12.2. The molecule has 0 aliphatic carbocycles. The van der Waals surface area contributed by atoms with E-state index in [1.165, 1.54) is 0 Å². The lowest BCUT2D eigenvalue weighted by atomic mass is 10.2. The number of anilines is 1. The molecule has 0 aliphatic heterocycles. The second-order valence-electron chi connectivity index (χ2n) is 5.66. The third-order valence-corrected chi connectivity index (χ3v) is 3.84. The molecule has 134 valence electrons. The number of nitrogens with one attached hydrogen (secondary N) is 1. The average molecular weight is 351 g/mol. The summed E-state index contributed by atoms with van der Waals surface area (Å²) in [5.41, 5.74) is 1.64. The highest BCUT2D eigenvalue weighted by Crippen LogP contribution is 2.20. The molecule has 1 heterocycles. The first-order chi connectivity index (χ1) is 12.8. The molecule has 1 N–H and O–H groups in total. The van der Waals surface area contributed by atoms with E-state index in [1.807, 2.05) is 59.3 Å². The Kier molecular flexibility index (Phi) is 5.88. The van der Waals surface area contributed by atoms with Crippen LogP contribution in [0.4, 0.5) is 5.69 Å². The molecule has 2 aromatic carbocycles. The van der Waals surface area contributed by atoms with Gasteiger partial charge in [0.15, 0.2) is 0 Å². The van der Waals surface area contributed by atoms with Crippen LogP contribution in [0.3, 0.4) is 0 Å². The van der Waals surface area contributed by atoms with Gasteiger partial charge in [-0.05, 0) is 42.8 Å². The maximum atomic E-state index is 12.2. The summed E-state index contributed by atoms with van der Waals surface area (Å²) >= 11 is 0. The Morgan fingerprint density at radius 3 is 2.62 bits per heavy atom. The van der Waals surface area contributed by atoms with E-state index >= 15 is 0 Å². The van der Waals surface area contributed by atoms with Crippen LogP contribution in [-0.2, 0) is 4.79 Å². The monoisotopic (exact) mass is 351 g/mol. The molecule has 0 unspecified atom stereocenters. The van der Waals surface area contributed by atoms with Gasteiger partial charge in [0.1, 0.15) is 11.5 Å². The van der Waals surface area contributed by atoms with E-state index < -0.39 is 0 Å². The summed E-state index contributed by atoms with van der Waals surface area (Å²) in [7, 11) is 1.62. The van der Waals surface area contributed by atoms with Gasteiger partial charge in [0.25, 0.3) is 0 Å². The Balaban J connectivity index is 1.47. The lowest BCUT2D eigenvalue weighted by molar-refractivity contribution is -0.116. The fourth-order valence-electron chi connectivity index (χ4n) is 2.51. The molecule has 0 atom stereocenters. The van der Waals surface area contributed by atoms with Crippen LogP contribution in [0.15, 0.2) is 67.3 Å². The van der Waals surface area contributed by atoms with Crippen molar-refractivity contribution < 1.29 is 14.3 Å². The minimum atomic E-state index is -0.0455. The summed E-state index contributed by atoms with van der Waals surface area (Å²) in [5.74, 6) is 1.50. The molecule has 1 aromatic heterocycles. The molecule has 0 aliphatic rings. The number of carbonyl (C=O) groups is 1. The Hall–Kier alpha value is -3.28. The molecule has 3 aromatic rings. The molecule has 6 nitrogen and oxygen atoms in total. The van der Waals surface area contributed by atoms with E-state index in [1.54, 1.807) is 19.6 Å². The molecule has 0 saturated carbocycles. The van der Waals surface area contributed by atoms with E-state index in [-0.39, 0.29) is 5.91 Å². The second-order valence-corrected chi connectivity index (χ2v) is 5.66. The molecule has 1 amide bonds. The van der Waals surface area contributed by atoms with Crippen LogP contribution >= 0.6 is 0 Å². The summed E-state index contributed by atoms with van der Waals surface area (Å²) in [6, 6.07) is 15.0. The zero-order chi connectivity index (χ0) is 18.2. The zero-order valence-corrected chi connectivity index (χ0v) is 14.6. The molecule has 0 bridgehead atoms. The van der Waals surface area contributed by atoms with Gasteiger partial charge in [-0.2, -0.15) is 0 Å². The highest BCUT2D eigenvalue weighted by Gasteiger charge is 2.08. The van der Waals surface area contributed by atoms with Gasteiger partial charge in [-0.15, -0.1) is 0 Å². The Morgan fingerprint density at radius 2 is 1.88 bits per heavy atom. The van der Waals surface area contributed by atoms with Gasteiger partial charge in [-0.3, -0.25) is 4.79 Å². The Labute approximate surface area is 152 Å². The number of hydrogen-bond donors (Lipinski definition) is 1. The van der Waals surface area contributed by atoms with Crippen molar-refractivity contribution in [2.75, 3.05) is 19.0 Å². The van der Waals surface area contributed by atoms with Crippen LogP contribution in [0.1, 0.15) is 12.8 Å². The minimum Gasteiger partial charge on any atom is -0.497 e. The van der Waals surface area contributed by atoms with E-state index in [4.69, 9.17) is 9.47 Å². The fraction of sp³-hybridized carbons (Fsp3) is 0.200. The van der Waals surface area contributed by atoms with E-state index in [2.05, 4.69) is 10.3 Å². The second kappa shape index (κ2) is 8.71. The first-order valence-electron chi connectivity index (χ1n) is 8.40. The number of hydrogen-bond acceptors (Lipinski definition) is 4. The third kappa shape index (κ3) is 4.63. The number of carbonyl (C=O) groups excluding carboxylic acids is 1. The van der Waals surface area contributed by atoms with Gasteiger partial charge in [0.2, 0.25) is 5.91 Å². The predicted octanol–water partition coefficient (Wildman–Crippen LogP) is 3.68. The third-order valence-electron chi connectivity index (χ3n) is 3.84. The normalized spacial score (nSPS) is 10.3. The predicted molar refractivity (Wildman–Crippen MR) is 99.9 cm³/mol. The number of ether oxygens (including phenoxy) is 2. The standard InChI is InChI=1S/C20H21N3O3/c1-25-16-8-10-17(11-9-16)26-14-4-7-20(24)22-18-5-2-3-6-19(18)23-13-12-21-15-23/h2-3,5-6,8-13,15H,4,7,14H2,1H3,(H,22,24). The average Bonchev–Trinajstić information content (AvgIpc) is 3.21. The van der Waals surface area contributed by atoms with Crippen molar-refractivity contribution in [3.05, 3.63) is 67.3 Å². The highest BCUT2D eigenvalue weighted by atomic mass is 16.5. The quantitative estimate of drug-likeness (QED) is 0.629. The molecule has 26 heavy (non-hydrogen) atoms. The van der Waals surface area contributed by atoms with Crippen LogP contribution in [0.25, 0.3) is 5.69 Å². The van der Waals surface area contributed by atoms with E-state index in [0.29, 0.717) is 19.4 Å². The summed E-state index contributed by atoms with van der Waals surface area (Å²) in [5, 5.41) is 2.95. The molecule has 6 heteroatoms. The SMILES string of the molecule is COc1ccc(OCCCC(=O)Nc2ccccc2-n2ccnc2)cc1. The fourth-order valence-corrected chi connectivity index (χ4v) is 2.51. The highest BCUT2D eigenvalue weighted by molar-refractivity contribution is 5.92. The van der Waals surface area contributed by atoms with Crippen LogP contribution < -0.4 is 14.8 Å². The van der Waals surface area contributed by atoms with Crippen molar-refractivity contribution in [1.82, 2.24) is 9.55 Å². The van der Waals surface area contributed by atoms with Crippen molar-refractivity contribution >= 4 is 11.6 Å². The lowest BCUT2D eigenvalue weighted by Crippen LogP contribution is -2.14. The van der Waals surface area contributed by atoms with Gasteiger partial charge in [-0.25, -0.2) is 4.98 Å². The summed E-state index contributed by atoms with van der Waals surface area (Å²) in [6.45, 7) is 0.475.